The zero-order chi connectivity index (χ0) is 12.0. The normalized spacial score (nSPS) is 24.1. The van der Waals surface area contributed by atoms with Gasteiger partial charge >= 0.3 is 0 Å². The molecule has 88 valence electrons. The molecule has 1 N–H and O–H groups in total. The van der Waals surface area contributed by atoms with E-state index >= 15 is 0 Å². The van der Waals surface area contributed by atoms with Crippen molar-refractivity contribution in [2.45, 2.75) is 33.7 Å². The van der Waals surface area contributed by atoms with Crippen LogP contribution < -0.4 is 5.32 Å². The average molecular weight is 219 g/mol. The summed E-state index contributed by atoms with van der Waals surface area (Å²) in [6.07, 6.45) is 5.35. The van der Waals surface area contributed by atoms with E-state index in [9.17, 15) is 0 Å². The first kappa shape index (κ1) is 11.5. The molecule has 1 aromatic heterocycles. The van der Waals surface area contributed by atoms with Crippen molar-refractivity contribution in [1.82, 2.24) is 15.3 Å². The largest absolute Gasteiger partial charge is 0.311 e. The Labute approximate surface area is 97.7 Å². The summed E-state index contributed by atoms with van der Waals surface area (Å²) in [5, 5.41) is 3.39. The molecule has 1 aromatic rings. The molecular weight excluding hydrogens is 198 g/mol. The second-order valence-electron chi connectivity index (χ2n) is 5.82. The zero-order valence-electron chi connectivity index (χ0n) is 10.8. The van der Waals surface area contributed by atoms with E-state index in [-0.39, 0.29) is 0 Å². The Morgan fingerprint density at radius 2 is 1.81 bits per heavy atom. The van der Waals surface area contributed by atoms with E-state index in [4.69, 9.17) is 0 Å². The third-order valence-electron chi connectivity index (χ3n) is 4.68. The van der Waals surface area contributed by atoms with Gasteiger partial charge in [-0.1, -0.05) is 27.7 Å². The molecule has 3 nitrogen and oxygen atoms in total. The lowest BCUT2D eigenvalue weighted by Gasteiger charge is -2.17. The van der Waals surface area contributed by atoms with Gasteiger partial charge in [-0.05, 0) is 23.8 Å². The maximum atomic E-state index is 4.42. The Hall–Kier alpha value is -0.960. The van der Waals surface area contributed by atoms with Gasteiger partial charge in [0.15, 0.2) is 0 Å². The second kappa shape index (κ2) is 3.52. The van der Waals surface area contributed by atoms with Gasteiger partial charge < -0.3 is 5.32 Å². The molecule has 1 aliphatic carbocycles. The minimum Gasteiger partial charge on any atom is -0.311 e. The van der Waals surface area contributed by atoms with E-state index < -0.39 is 0 Å². The summed E-state index contributed by atoms with van der Waals surface area (Å²) in [6.45, 7) is 9.33. The highest BCUT2D eigenvalue weighted by molar-refractivity contribution is 5.21. The van der Waals surface area contributed by atoms with Gasteiger partial charge in [0.25, 0.3) is 0 Å². The molecule has 16 heavy (non-hydrogen) atoms. The van der Waals surface area contributed by atoms with Gasteiger partial charge in [0.2, 0.25) is 0 Å². The first-order valence-corrected chi connectivity index (χ1v) is 5.86. The van der Waals surface area contributed by atoms with Crippen LogP contribution in [0.3, 0.4) is 0 Å². The lowest BCUT2D eigenvalue weighted by atomic mass is 10.0. The zero-order valence-corrected chi connectivity index (χ0v) is 10.8. The Balaban J connectivity index is 2.27. The van der Waals surface area contributed by atoms with Crippen molar-refractivity contribution in [3.05, 3.63) is 24.3 Å². The Bertz CT molecular complexity index is 356. The highest BCUT2D eigenvalue weighted by atomic mass is 15.0. The summed E-state index contributed by atoms with van der Waals surface area (Å²) in [7, 11) is 2.00. The van der Waals surface area contributed by atoms with Crippen LogP contribution in [0.25, 0.3) is 0 Å². The Morgan fingerprint density at radius 1 is 1.19 bits per heavy atom. The molecule has 0 radical (unpaired) electrons. The third-order valence-corrected chi connectivity index (χ3v) is 4.68. The van der Waals surface area contributed by atoms with Crippen molar-refractivity contribution in [2.75, 3.05) is 7.05 Å². The van der Waals surface area contributed by atoms with Crippen molar-refractivity contribution >= 4 is 0 Å². The first-order valence-electron chi connectivity index (χ1n) is 5.86. The lowest BCUT2D eigenvalue weighted by molar-refractivity contribution is 0.428. The highest BCUT2D eigenvalue weighted by Gasteiger charge is 2.67. The quantitative estimate of drug-likeness (QED) is 0.848. The monoisotopic (exact) mass is 219 g/mol. The van der Waals surface area contributed by atoms with E-state index in [0.29, 0.717) is 22.8 Å². The summed E-state index contributed by atoms with van der Waals surface area (Å²) >= 11 is 0. The Morgan fingerprint density at radius 3 is 2.19 bits per heavy atom. The first-order chi connectivity index (χ1) is 7.43. The van der Waals surface area contributed by atoms with E-state index in [1.807, 2.05) is 13.2 Å². The molecule has 0 aliphatic heterocycles. The maximum Gasteiger partial charge on any atom is 0.0759 e. The van der Waals surface area contributed by atoms with Crippen molar-refractivity contribution < 1.29 is 0 Å². The number of hydrogen-bond acceptors (Lipinski definition) is 3. The number of aromatic nitrogens is 2. The van der Waals surface area contributed by atoms with Gasteiger partial charge in [-0.25, -0.2) is 0 Å². The van der Waals surface area contributed by atoms with Gasteiger partial charge in [-0.2, -0.15) is 0 Å². The summed E-state index contributed by atoms with van der Waals surface area (Å²) < 4.78 is 0. The molecule has 3 heteroatoms. The molecule has 1 heterocycles. The fraction of sp³-hybridized carbons (Fsp3) is 0.692. The molecular formula is C13H21N3. The van der Waals surface area contributed by atoms with E-state index in [1.54, 1.807) is 12.4 Å². The number of rotatable bonds is 3. The molecule has 1 saturated carbocycles. The fourth-order valence-electron chi connectivity index (χ4n) is 3.04. The predicted molar refractivity (Wildman–Crippen MR) is 64.9 cm³/mol. The van der Waals surface area contributed by atoms with Gasteiger partial charge in [0.1, 0.15) is 0 Å². The standard InChI is InChI=1S/C13H21N3/c1-12(2)11(13(12,3)4)10(14-5)9-8-15-6-7-16-9/h6-8,10-11,14H,1-5H3. The topological polar surface area (TPSA) is 37.8 Å². The molecule has 0 aromatic carbocycles. The van der Waals surface area contributed by atoms with Gasteiger partial charge in [-0.15, -0.1) is 0 Å². The fourth-order valence-corrected chi connectivity index (χ4v) is 3.04. The molecule has 0 spiro atoms. The molecule has 1 unspecified atom stereocenters. The van der Waals surface area contributed by atoms with Crippen molar-refractivity contribution in [2.24, 2.45) is 16.7 Å². The van der Waals surface area contributed by atoms with E-state index in [2.05, 4.69) is 43.0 Å². The second-order valence-corrected chi connectivity index (χ2v) is 5.82. The van der Waals surface area contributed by atoms with Crippen molar-refractivity contribution in [1.29, 1.82) is 0 Å². The Kier molecular flexibility index (Phi) is 2.54. The van der Waals surface area contributed by atoms with E-state index in [0.717, 1.165) is 5.69 Å². The molecule has 2 rings (SSSR count). The highest BCUT2D eigenvalue weighted by Crippen LogP contribution is 2.72. The SMILES string of the molecule is CNC(c1cnccn1)C1C(C)(C)C1(C)C. The van der Waals surface area contributed by atoms with Crippen LogP contribution in [-0.4, -0.2) is 17.0 Å². The van der Waals surface area contributed by atoms with Crippen LogP contribution in [0, 0.1) is 16.7 Å². The molecule has 0 bridgehead atoms. The van der Waals surface area contributed by atoms with Crippen LogP contribution in [0.5, 0.6) is 0 Å². The predicted octanol–water partition coefficient (Wildman–Crippen LogP) is 2.42. The van der Waals surface area contributed by atoms with Gasteiger partial charge in [0, 0.05) is 18.6 Å². The molecule has 0 saturated heterocycles. The van der Waals surface area contributed by atoms with Crippen LogP contribution in [-0.2, 0) is 0 Å². The molecule has 1 atom stereocenters. The van der Waals surface area contributed by atoms with Gasteiger partial charge in [-0.3, -0.25) is 9.97 Å². The van der Waals surface area contributed by atoms with Gasteiger partial charge in [0.05, 0.1) is 11.7 Å². The average Bonchev–Trinajstić information content (AvgIpc) is 2.64. The smallest absolute Gasteiger partial charge is 0.0759 e. The van der Waals surface area contributed by atoms with E-state index in [1.165, 1.54) is 0 Å². The van der Waals surface area contributed by atoms with Crippen LogP contribution in [0.2, 0.25) is 0 Å². The maximum absolute atomic E-state index is 4.42. The number of hydrogen-bond donors (Lipinski definition) is 1. The number of nitrogens with zero attached hydrogens (tertiary/aromatic N) is 2. The van der Waals surface area contributed by atoms with Crippen LogP contribution in [0.1, 0.15) is 39.4 Å². The minimum atomic E-state index is 0.304. The molecule has 1 fully saturated rings. The van der Waals surface area contributed by atoms with Crippen molar-refractivity contribution in [3.8, 4) is 0 Å². The lowest BCUT2D eigenvalue weighted by Crippen LogP contribution is -2.22. The summed E-state index contributed by atoms with van der Waals surface area (Å²) in [4.78, 5) is 8.57. The van der Waals surface area contributed by atoms with Crippen LogP contribution in [0.4, 0.5) is 0 Å². The minimum absolute atomic E-state index is 0.304. The third kappa shape index (κ3) is 1.46. The van der Waals surface area contributed by atoms with Crippen LogP contribution >= 0.6 is 0 Å². The summed E-state index contributed by atoms with van der Waals surface area (Å²) in [5.41, 5.74) is 1.77. The summed E-state index contributed by atoms with van der Waals surface area (Å²) in [5.74, 6) is 0.613. The summed E-state index contributed by atoms with van der Waals surface area (Å²) in [6, 6.07) is 0.304. The van der Waals surface area contributed by atoms with Crippen LogP contribution in [0.15, 0.2) is 18.6 Å². The molecule has 1 aliphatic rings. The number of nitrogens with one attached hydrogen (secondary N) is 1. The van der Waals surface area contributed by atoms with Crippen molar-refractivity contribution in [3.63, 3.8) is 0 Å². The molecule has 0 amide bonds.